The number of ether oxygens (including phenoxy) is 2. The SMILES string of the molecule is O=C1CCCOC2COCCN12. The minimum Gasteiger partial charge on any atom is -0.375 e. The highest BCUT2D eigenvalue weighted by atomic mass is 16.6. The lowest BCUT2D eigenvalue weighted by Crippen LogP contribution is -2.48. The fourth-order valence-corrected chi connectivity index (χ4v) is 1.59. The Balaban J connectivity index is 2.06. The van der Waals surface area contributed by atoms with E-state index in [-0.39, 0.29) is 12.1 Å². The van der Waals surface area contributed by atoms with Crippen LogP contribution in [0, 0.1) is 0 Å². The van der Waals surface area contributed by atoms with E-state index in [2.05, 4.69) is 0 Å². The van der Waals surface area contributed by atoms with Crippen LogP contribution in [0.5, 0.6) is 0 Å². The molecule has 2 fully saturated rings. The highest BCUT2D eigenvalue weighted by Crippen LogP contribution is 2.14. The average molecular weight is 171 g/mol. The highest BCUT2D eigenvalue weighted by Gasteiger charge is 2.29. The molecule has 0 aromatic rings. The number of morpholine rings is 1. The van der Waals surface area contributed by atoms with Crippen molar-refractivity contribution in [2.75, 3.05) is 26.4 Å². The van der Waals surface area contributed by atoms with Crippen molar-refractivity contribution in [2.45, 2.75) is 19.1 Å². The second-order valence-corrected chi connectivity index (χ2v) is 3.09. The summed E-state index contributed by atoms with van der Waals surface area (Å²) >= 11 is 0. The number of rotatable bonds is 0. The topological polar surface area (TPSA) is 38.8 Å². The molecule has 0 aromatic heterocycles. The minimum absolute atomic E-state index is 0.117. The summed E-state index contributed by atoms with van der Waals surface area (Å²) in [5, 5.41) is 0. The average Bonchev–Trinajstić information content (AvgIpc) is 2.29. The van der Waals surface area contributed by atoms with E-state index in [0.29, 0.717) is 32.8 Å². The van der Waals surface area contributed by atoms with Crippen LogP contribution in [-0.4, -0.2) is 43.4 Å². The molecule has 1 amide bonds. The summed E-state index contributed by atoms with van der Waals surface area (Å²) in [5.74, 6) is 0.209. The lowest BCUT2D eigenvalue weighted by molar-refractivity contribution is -0.161. The summed E-state index contributed by atoms with van der Waals surface area (Å²) in [5.41, 5.74) is 0. The van der Waals surface area contributed by atoms with Gasteiger partial charge in [0.25, 0.3) is 0 Å². The normalized spacial score (nSPS) is 31.2. The van der Waals surface area contributed by atoms with Crippen molar-refractivity contribution in [3.8, 4) is 0 Å². The van der Waals surface area contributed by atoms with Crippen LogP contribution in [0.25, 0.3) is 0 Å². The Bertz CT molecular complexity index is 183. The Kier molecular flexibility index (Phi) is 2.28. The second-order valence-electron chi connectivity index (χ2n) is 3.09. The zero-order valence-corrected chi connectivity index (χ0v) is 6.99. The van der Waals surface area contributed by atoms with E-state index in [1.807, 2.05) is 0 Å². The number of hydrogen-bond donors (Lipinski definition) is 0. The van der Waals surface area contributed by atoms with E-state index in [0.717, 1.165) is 6.42 Å². The summed E-state index contributed by atoms with van der Waals surface area (Å²) in [6.07, 6.45) is 1.34. The number of fused-ring (bicyclic) bond motifs is 1. The number of amides is 1. The molecule has 0 aromatic carbocycles. The summed E-state index contributed by atoms with van der Waals surface area (Å²) in [4.78, 5) is 13.2. The smallest absolute Gasteiger partial charge is 0.224 e. The number of carbonyl (C=O) groups excluding carboxylic acids is 1. The first-order chi connectivity index (χ1) is 5.88. The van der Waals surface area contributed by atoms with Crippen molar-refractivity contribution < 1.29 is 14.3 Å². The molecule has 0 aliphatic carbocycles. The Labute approximate surface area is 71.4 Å². The Morgan fingerprint density at radius 3 is 3.25 bits per heavy atom. The molecule has 2 saturated heterocycles. The quantitative estimate of drug-likeness (QED) is 0.514. The summed E-state index contributed by atoms with van der Waals surface area (Å²) in [7, 11) is 0. The fraction of sp³-hybridized carbons (Fsp3) is 0.875. The van der Waals surface area contributed by atoms with E-state index in [1.54, 1.807) is 4.90 Å². The molecule has 0 bridgehead atoms. The largest absolute Gasteiger partial charge is 0.375 e. The van der Waals surface area contributed by atoms with Crippen LogP contribution in [0.1, 0.15) is 12.8 Å². The lowest BCUT2D eigenvalue weighted by Gasteiger charge is -2.33. The van der Waals surface area contributed by atoms with Crippen LogP contribution in [0.4, 0.5) is 0 Å². The molecule has 0 saturated carbocycles. The zero-order chi connectivity index (χ0) is 8.39. The molecule has 68 valence electrons. The van der Waals surface area contributed by atoms with Crippen LogP contribution >= 0.6 is 0 Å². The van der Waals surface area contributed by atoms with Crippen molar-refractivity contribution in [1.29, 1.82) is 0 Å². The van der Waals surface area contributed by atoms with Gasteiger partial charge in [0.05, 0.1) is 13.2 Å². The van der Waals surface area contributed by atoms with Crippen LogP contribution in [-0.2, 0) is 14.3 Å². The molecule has 0 spiro atoms. The van der Waals surface area contributed by atoms with Crippen LogP contribution in [0.15, 0.2) is 0 Å². The van der Waals surface area contributed by atoms with Gasteiger partial charge in [-0.3, -0.25) is 4.79 Å². The van der Waals surface area contributed by atoms with Crippen LogP contribution < -0.4 is 0 Å². The number of hydrogen-bond acceptors (Lipinski definition) is 3. The first-order valence-corrected chi connectivity index (χ1v) is 4.37. The first-order valence-electron chi connectivity index (χ1n) is 4.37. The third kappa shape index (κ3) is 1.44. The van der Waals surface area contributed by atoms with Gasteiger partial charge in [-0.15, -0.1) is 0 Å². The molecule has 4 nitrogen and oxygen atoms in total. The van der Waals surface area contributed by atoms with Crippen LogP contribution in [0.2, 0.25) is 0 Å². The third-order valence-electron chi connectivity index (χ3n) is 2.25. The molecular weight excluding hydrogens is 158 g/mol. The maximum Gasteiger partial charge on any atom is 0.224 e. The number of carbonyl (C=O) groups is 1. The van der Waals surface area contributed by atoms with Gasteiger partial charge in [-0.2, -0.15) is 0 Å². The summed E-state index contributed by atoms with van der Waals surface area (Å²) < 4.78 is 10.7. The zero-order valence-electron chi connectivity index (χ0n) is 6.99. The molecule has 2 aliphatic rings. The van der Waals surface area contributed by atoms with Gasteiger partial charge in [0.1, 0.15) is 0 Å². The standard InChI is InChI=1S/C8H13NO3/c10-7-2-1-4-12-8-6-11-5-3-9(7)8/h8H,1-6H2. The Hall–Kier alpha value is -0.610. The van der Waals surface area contributed by atoms with E-state index in [4.69, 9.17) is 9.47 Å². The molecule has 4 heteroatoms. The van der Waals surface area contributed by atoms with Gasteiger partial charge >= 0.3 is 0 Å². The maximum absolute atomic E-state index is 11.4. The van der Waals surface area contributed by atoms with Crippen molar-refractivity contribution in [2.24, 2.45) is 0 Å². The van der Waals surface area contributed by atoms with Gasteiger partial charge in [0.2, 0.25) is 5.91 Å². The number of nitrogens with zero attached hydrogens (tertiary/aromatic N) is 1. The Morgan fingerprint density at radius 2 is 2.33 bits per heavy atom. The van der Waals surface area contributed by atoms with Gasteiger partial charge < -0.3 is 14.4 Å². The summed E-state index contributed by atoms with van der Waals surface area (Å²) in [6, 6.07) is 0. The summed E-state index contributed by atoms with van der Waals surface area (Å²) in [6.45, 7) is 2.54. The van der Waals surface area contributed by atoms with Crippen molar-refractivity contribution in [1.82, 2.24) is 4.90 Å². The molecular formula is C8H13NO3. The van der Waals surface area contributed by atoms with Crippen LogP contribution in [0.3, 0.4) is 0 Å². The first kappa shape index (κ1) is 8.01. The molecule has 0 N–H and O–H groups in total. The van der Waals surface area contributed by atoms with Gasteiger partial charge in [0, 0.05) is 19.6 Å². The maximum atomic E-state index is 11.4. The Morgan fingerprint density at radius 1 is 1.42 bits per heavy atom. The molecule has 0 radical (unpaired) electrons. The monoisotopic (exact) mass is 171 g/mol. The second kappa shape index (κ2) is 3.41. The fourth-order valence-electron chi connectivity index (χ4n) is 1.59. The van der Waals surface area contributed by atoms with Crippen molar-refractivity contribution in [3.05, 3.63) is 0 Å². The van der Waals surface area contributed by atoms with Gasteiger partial charge in [-0.05, 0) is 6.42 Å². The van der Waals surface area contributed by atoms with E-state index >= 15 is 0 Å². The van der Waals surface area contributed by atoms with Crippen molar-refractivity contribution >= 4 is 5.91 Å². The minimum atomic E-state index is -0.117. The predicted octanol–water partition coefficient (Wildman–Crippen LogP) is -0.0183. The molecule has 2 rings (SSSR count). The van der Waals surface area contributed by atoms with E-state index in [9.17, 15) is 4.79 Å². The lowest BCUT2D eigenvalue weighted by atomic mass is 10.3. The molecule has 2 aliphatic heterocycles. The predicted molar refractivity (Wildman–Crippen MR) is 41.5 cm³/mol. The molecule has 1 unspecified atom stereocenters. The third-order valence-corrected chi connectivity index (χ3v) is 2.25. The molecule has 12 heavy (non-hydrogen) atoms. The molecule has 2 heterocycles. The van der Waals surface area contributed by atoms with Crippen molar-refractivity contribution in [3.63, 3.8) is 0 Å². The van der Waals surface area contributed by atoms with E-state index in [1.165, 1.54) is 0 Å². The molecule has 1 atom stereocenters. The van der Waals surface area contributed by atoms with Gasteiger partial charge in [0.15, 0.2) is 6.23 Å². The van der Waals surface area contributed by atoms with Gasteiger partial charge in [-0.1, -0.05) is 0 Å². The highest BCUT2D eigenvalue weighted by molar-refractivity contribution is 5.76. The van der Waals surface area contributed by atoms with E-state index < -0.39 is 0 Å². The van der Waals surface area contributed by atoms with Gasteiger partial charge in [-0.25, -0.2) is 0 Å².